The number of hydrogen-bond acceptors (Lipinski definition) is 6. The van der Waals surface area contributed by atoms with Gasteiger partial charge in [-0.1, -0.05) is 24.6 Å². The van der Waals surface area contributed by atoms with Gasteiger partial charge in [-0.25, -0.2) is 9.18 Å². The molecular formula is C28H33FN4O5. The van der Waals surface area contributed by atoms with Crippen LogP contribution in [0.5, 0.6) is 0 Å². The van der Waals surface area contributed by atoms with Crippen LogP contribution >= 0.6 is 0 Å². The van der Waals surface area contributed by atoms with E-state index in [2.05, 4.69) is 10.6 Å². The van der Waals surface area contributed by atoms with E-state index in [1.54, 1.807) is 12.3 Å². The minimum atomic E-state index is -1.15. The molecule has 0 aromatic carbocycles. The van der Waals surface area contributed by atoms with Crippen LogP contribution in [0.15, 0.2) is 70.8 Å². The monoisotopic (exact) mass is 524 g/mol. The Kier molecular flexibility index (Phi) is 7.36. The average molecular weight is 525 g/mol. The summed E-state index contributed by atoms with van der Waals surface area (Å²) in [7, 11) is 0. The van der Waals surface area contributed by atoms with E-state index in [4.69, 9.17) is 10.5 Å². The summed E-state index contributed by atoms with van der Waals surface area (Å²) in [6, 6.07) is -1.64. The highest BCUT2D eigenvalue weighted by Gasteiger charge is 2.42. The first-order chi connectivity index (χ1) is 18.2. The number of carboxylic acids is 1. The molecular weight excluding hydrogens is 491 g/mol. The number of hydrogen-bond donors (Lipinski definition) is 4. The van der Waals surface area contributed by atoms with Crippen LogP contribution in [0.25, 0.3) is 0 Å². The molecule has 6 atom stereocenters. The van der Waals surface area contributed by atoms with Gasteiger partial charge < -0.3 is 31.1 Å². The number of halogens is 1. The van der Waals surface area contributed by atoms with Crippen LogP contribution < -0.4 is 16.4 Å². The van der Waals surface area contributed by atoms with Crippen molar-refractivity contribution in [2.24, 2.45) is 23.5 Å². The van der Waals surface area contributed by atoms with E-state index in [1.807, 2.05) is 30.1 Å². The van der Waals surface area contributed by atoms with Gasteiger partial charge in [0.2, 0.25) is 5.91 Å². The fourth-order valence-electron chi connectivity index (χ4n) is 6.10. The second-order valence-corrected chi connectivity index (χ2v) is 10.5. The molecule has 0 spiro atoms. The lowest BCUT2D eigenvalue weighted by Gasteiger charge is -2.42. The van der Waals surface area contributed by atoms with E-state index in [9.17, 15) is 23.9 Å². The van der Waals surface area contributed by atoms with E-state index < -0.39 is 29.9 Å². The summed E-state index contributed by atoms with van der Waals surface area (Å²) in [5.41, 5.74) is 10.3. The van der Waals surface area contributed by atoms with Crippen molar-refractivity contribution in [1.82, 2.24) is 15.5 Å². The molecule has 202 valence electrons. The van der Waals surface area contributed by atoms with Crippen LogP contribution in [-0.2, 0) is 19.1 Å². The van der Waals surface area contributed by atoms with Gasteiger partial charge in [-0.05, 0) is 48.6 Å². The number of ether oxygens (including phenoxy) is 1. The van der Waals surface area contributed by atoms with E-state index in [1.165, 1.54) is 12.2 Å². The van der Waals surface area contributed by atoms with Crippen molar-refractivity contribution < 1.29 is 28.6 Å². The lowest BCUT2D eigenvalue weighted by atomic mass is 9.70. The van der Waals surface area contributed by atoms with Crippen molar-refractivity contribution in [3.05, 3.63) is 70.8 Å². The van der Waals surface area contributed by atoms with Gasteiger partial charge in [-0.15, -0.1) is 0 Å². The number of carbonyl (C=O) groups is 3. The predicted octanol–water partition coefficient (Wildman–Crippen LogP) is 1.48. The molecule has 38 heavy (non-hydrogen) atoms. The summed E-state index contributed by atoms with van der Waals surface area (Å²) >= 11 is 0. The van der Waals surface area contributed by atoms with E-state index >= 15 is 0 Å². The summed E-state index contributed by atoms with van der Waals surface area (Å²) in [6.45, 7) is 3.32. The summed E-state index contributed by atoms with van der Waals surface area (Å²) < 4.78 is 18.8. The molecule has 3 aliphatic carbocycles. The third kappa shape index (κ3) is 5.10. The van der Waals surface area contributed by atoms with Gasteiger partial charge in [0.05, 0.1) is 17.8 Å². The van der Waals surface area contributed by atoms with Gasteiger partial charge in [-0.3, -0.25) is 9.59 Å². The first-order valence-electron chi connectivity index (χ1n) is 13.0. The van der Waals surface area contributed by atoms with Crippen LogP contribution in [0.3, 0.4) is 0 Å². The number of nitrogens with zero attached hydrogens (tertiary/aromatic N) is 1. The molecule has 0 radical (unpaired) electrons. The molecule has 9 nitrogen and oxygen atoms in total. The summed E-state index contributed by atoms with van der Waals surface area (Å²) in [5, 5.41) is 15.3. The Morgan fingerprint density at radius 1 is 1.29 bits per heavy atom. The second kappa shape index (κ2) is 10.7. The van der Waals surface area contributed by atoms with Crippen LogP contribution in [-0.4, -0.2) is 72.2 Å². The normalized spacial score (nSPS) is 30.2. The molecule has 0 bridgehead atoms. The number of carboxylic acid groups (broad SMARTS) is 1. The van der Waals surface area contributed by atoms with E-state index in [0.29, 0.717) is 38.0 Å². The average Bonchev–Trinajstić information content (AvgIpc) is 3.60. The number of aliphatic carboxylic acids is 1. The highest BCUT2D eigenvalue weighted by molar-refractivity contribution is 5.97. The Hall–Kier alpha value is -3.50. The summed E-state index contributed by atoms with van der Waals surface area (Å²) in [5.74, 6) is -2.82. The van der Waals surface area contributed by atoms with Gasteiger partial charge in [0.25, 0.3) is 5.91 Å². The van der Waals surface area contributed by atoms with E-state index in [0.717, 1.165) is 16.7 Å². The number of rotatable bonds is 8. The second-order valence-electron chi connectivity index (χ2n) is 10.5. The molecule has 0 aromatic rings. The molecule has 5 N–H and O–H groups in total. The molecule has 2 heterocycles. The fourth-order valence-corrected chi connectivity index (χ4v) is 6.10. The molecule has 10 heteroatoms. The van der Waals surface area contributed by atoms with Crippen molar-refractivity contribution in [3.63, 3.8) is 0 Å². The van der Waals surface area contributed by atoms with Crippen molar-refractivity contribution in [2.75, 3.05) is 26.2 Å². The lowest BCUT2D eigenvalue weighted by molar-refractivity contribution is -0.142. The Labute approximate surface area is 220 Å². The molecule has 0 saturated heterocycles. The van der Waals surface area contributed by atoms with Crippen LogP contribution in [0.2, 0.25) is 0 Å². The third-order valence-corrected chi connectivity index (χ3v) is 8.09. The van der Waals surface area contributed by atoms with Crippen LogP contribution in [0.4, 0.5) is 4.39 Å². The van der Waals surface area contributed by atoms with Gasteiger partial charge in [-0.2, -0.15) is 0 Å². The first-order valence-corrected chi connectivity index (χ1v) is 13.0. The largest absolute Gasteiger partial charge is 0.488 e. The topological polar surface area (TPSA) is 134 Å². The van der Waals surface area contributed by atoms with Crippen molar-refractivity contribution in [3.8, 4) is 0 Å². The standard InChI is InChI=1S/C28H33FN4O5/c1-15-20-6-8-33(27(35)21-5-3-17-7-9-38-25(17)21)14-18(20)11-22(30)24(15)26(34)32-23(28(36)37)13-31-12-16-2-4-19(29)10-16/h2-5,7,9-10,15-16,22-25,31H,6,8,11-14,30H2,1H3,(H,32,34)(H,36,37)/t15?,16?,22?,23-,24?,25?/m0/s1. The Bertz CT molecular complexity index is 1220. The van der Waals surface area contributed by atoms with E-state index in [-0.39, 0.29) is 36.2 Å². The molecule has 5 rings (SSSR count). The molecule has 0 saturated carbocycles. The zero-order chi connectivity index (χ0) is 27.0. The zero-order valence-corrected chi connectivity index (χ0v) is 21.2. The molecule has 5 aliphatic rings. The number of allylic oxidation sites excluding steroid dienone is 4. The predicted molar refractivity (Wildman–Crippen MR) is 138 cm³/mol. The van der Waals surface area contributed by atoms with Gasteiger partial charge in [0.1, 0.15) is 11.9 Å². The third-order valence-electron chi connectivity index (χ3n) is 8.09. The smallest absolute Gasteiger partial charge is 0.327 e. The molecule has 0 fully saturated rings. The van der Waals surface area contributed by atoms with Crippen molar-refractivity contribution in [1.29, 1.82) is 0 Å². The maximum absolute atomic E-state index is 13.3. The van der Waals surface area contributed by atoms with Crippen LogP contribution in [0, 0.1) is 17.8 Å². The Morgan fingerprint density at radius 3 is 2.84 bits per heavy atom. The highest BCUT2D eigenvalue weighted by atomic mass is 19.1. The van der Waals surface area contributed by atoms with Gasteiger partial charge in [0, 0.05) is 43.7 Å². The first kappa shape index (κ1) is 26.1. The molecule has 0 aromatic heterocycles. The number of nitrogens with one attached hydrogen (secondary N) is 2. The number of amides is 2. The van der Waals surface area contributed by atoms with Crippen molar-refractivity contribution in [2.45, 2.75) is 38.0 Å². The van der Waals surface area contributed by atoms with Gasteiger partial charge >= 0.3 is 5.97 Å². The summed E-state index contributed by atoms with van der Waals surface area (Å²) in [4.78, 5) is 40.1. The van der Waals surface area contributed by atoms with Crippen LogP contribution in [0.1, 0.15) is 19.8 Å². The number of nitrogens with two attached hydrogens (primary N) is 1. The Morgan fingerprint density at radius 2 is 2.11 bits per heavy atom. The SMILES string of the molecule is CC1C2=C(CC(N)C1C(=O)N[C@@H](CNCC1C=CC(F)=C1)C(=O)O)CN(C(=O)C1=CC=C3C=COC31)CC2. The lowest BCUT2D eigenvalue weighted by Crippen LogP contribution is -2.55. The maximum atomic E-state index is 13.3. The quantitative estimate of drug-likeness (QED) is 0.354. The molecule has 2 amide bonds. The Balaban J connectivity index is 1.19. The number of fused-ring (bicyclic) bond motifs is 1. The van der Waals surface area contributed by atoms with Gasteiger partial charge in [0.15, 0.2) is 6.10 Å². The zero-order valence-electron chi connectivity index (χ0n) is 21.2. The minimum absolute atomic E-state index is 0.00881. The maximum Gasteiger partial charge on any atom is 0.327 e. The molecule has 5 unspecified atom stereocenters. The fraction of sp³-hybridized carbons (Fsp3) is 0.464. The molecule has 2 aliphatic heterocycles. The van der Waals surface area contributed by atoms with Crippen molar-refractivity contribution >= 4 is 17.8 Å². The number of carbonyl (C=O) groups excluding carboxylic acids is 2. The highest BCUT2D eigenvalue weighted by Crippen LogP contribution is 2.39. The minimum Gasteiger partial charge on any atom is -0.488 e. The summed E-state index contributed by atoms with van der Waals surface area (Å²) in [6.07, 6.45) is 12.5.